The summed E-state index contributed by atoms with van der Waals surface area (Å²) in [7, 11) is 0. The standard InChI is InChI=1S/C11H17NO.Li/c12-10(13)11-4-7-1-8(5-11)3-9(2-7)6-11;/h7-9H,1-6H2,(H2,12,13);. The molecule has 2 nitrogen and oxygen atoms in total. The van der Waals surface area contributed by atoms with E-state index in [0.717, 1.165) is 37.0 Å². The van der Waals surface area contributed by atoms with Crippen LogP contribution in [-0.4, -0.2) is 24.8 Å². The smallest absolute Gasteiger partial charge is 0.223 e. The van der Waals surface area contributed by atoms with Crippen LogP contribution in [0.25, 0.3) is 0 Å². The second-order valence-corrected chi connectivity index (χ2v) is 5.56. The van der Waals surface area contributed by atoms with Gasteiger partial charge < -0.3 is 5.73 Å². The van der Waals surface area contributed by atoms with Crippen molar-refractivity contribution in [2.75, 3.05) is 0 Å². The number of amides is 1. The molecule has 0 aromatic heterocycles. The van der Waals surface area contributed by atoms with Gasteiger partial charge in [0.2, 0.25) is 5.91 Å². The zero-order valence-electron chi connectivity index (χ0n) is 8.96. The van der Waals surface area contributed by atoms with Gasteiger partial charge in [-0.05, 0) is 56.3 Å². The number of primary amides is 1. The van der Waals surface area contributed by atoms with Crippen LogP contribution in [0.1, 0.15) is 38.5 Å². The van der Waals surface area contributed by atoms with E-state index in [4.69, 9.17) is 5.73 Å². The molecule has 0 aliphatic heterocycles. The van der Waals surface area contributed by atoms with Crippen LogP contribution in [0.2, 0.25) is 0 Å². The molecule has 1 radical (unpaired) electrons. The number of nitrogens with two attached hydrogens (primary N) is 1. The first kappa shape index (κ1) is 10.6. The Kier molecular flexibility index (Phi) is 2.48. The molecule has 4 aliphatic rings. The summed E-state index contributed by atoms with van der Waals surface area (Å²) >= 11 is 0. The maximum atomic E-state index is 11.5. The minimum absolute atomic E-state index is 0. The van der Waals surface area contributed by atoms with E-state index in [1.54, 1.807) is 0 Å². The molecule has 0 unspecified atom stereocenters. The third kappa shape index (κ3) is 1.35. The second kappa shape index (κ2) is 3.29. The van der Waals surface area contributed by atoms with Crippen molar-refractivity contribution in [1.82, 2.24) is 0 Å². The van der Waals surface area contributed by atoms with E-state index in [1.165, 1.54) is 19.3 Å². The molecular formula is C11H17LiNO. The van der Waals surface area contributed by atoms with Crippen molar-refractivity contribution in [2.45, 2.75) is 38.5 Å². The third-order valence-corrected chi connectivity index (χ3v) is 4.56. The zero-order valence-corrected chi connectivity index (χ0v) is 8.96. The first-order valence-corrected chi connectivity index (χ1v) is 5.48. The summed E-state index contributed by atoms with van der Waals surface area (Å²) in [6.45, 7) is 0. The van der Waals surface area contributed by atoms with Gasteiger partial charge >= 0.3 is 0 Å². The van der Waals surface area contributed by atoms with E-state index >= 15 is 0 Å². The number of carbonyl (C=O) groups excluding carboxylic acids is 1. The molecular weight excluding hydrogens is 169 g/mol. The Morgan fingerprint density at radius 2 is 1.36 bits per heavy atom. The van der Waals surface area contributed by atoms with Crippen LogP contribution in [0, 0.1) is 23.2 Å². The summed E-state index contributed by atoms with van der Waals surface area (Å²) in [4.78, 5) is 11.5. The topological polar surface area (TPSA) is 43.1 Å². The van der Waals surface area contributed by atoms with Gasteiger partial charge in [0, 0.05) is 24.3 Å². The van der Waals surface area contributed by atoms with Crippen molar-refractivity contribution in [3.8, 4) is 0 Å². The van der Waals surface area contributed by atoms with E-state index in [2.05, 4.69) is 0 Å². The molecule has 4 aliphatic carbocycles. The van der Waals surface area contributed by atoms with E-state index in [0.29, 0.717) is 0 Å². The van der Waals surface area contributed by atoms with Crippen molar-refractivity contribution in [3.63, 3.8) is 0 Å². The molecule has 0 aromatic carbocycles. The van der Waals surface area contributed by atoms with Gasteiger partial charge in [0.05, 0.1) is 0 Å². The van der Waals surface area contributed by atoms with E-state index in [9.17, 15) is 4.79 Å². The predicted octanol–water partition coefficient (Wildman–Crippen LogP) is 1.31. The van der Waals surface area contributed by atoms with Crippen molar-refractivity contribution < 1.29 is 4.79 Å². The van der Waals surface area contributed by atoms with E-state index in [1.807, 2.05) is 0 Å². The molecule has 0 saturated heterocycles. The maximum absolute atomic E-state index is 11.5. The SMILES string of the molecule is NC(=O)C12CC3CC(CC(C3)C1)C2.[Li]. The summed E-state index contributed by atoms with van der Waals surface area (Å²) in [5, 5.41) is 0. The van der Waals surface area contributed by atoms with Crippen LogP contribution in [0.4, 0.5) is 0 Å². The fourth-order valence-corrected chi connectivity index (χ4v) is 4.41. The van der Waals surface area contributed by atoms with Gasteiger partial charge in [-0.15, -0.1) is 0 Å². The molecule has 0 heterocycles. The van der Waals surface area contributed by atoms with Crippen LogP contribution >= 0.6 is 0 Å². The minimum atomic E-state index is -0.0608. The van der Waals surface area contributed by atoms with Crippen molar-refractivity contribution in [2.24, 2.45) is 28.9 Å². The molecule has 4 fully saturated rings. The Labute approximate surface area is 97.2 Å². The average molecular weight is 186 g/mol. The molecule has 4 bridgehead atoms. The second-order valence-electron chi connectivity index (χ2n) is 5.56. The fourth-order valence-electron chi connectivity index (χ4n) is 4.41. The number of hydrogen-bond donors (Lipinski definition) is 1. The van der Waals surface area contributed by atoms with Crippen LogP contribution < -0.4 is 5.73 Å². The van der Waals surface area contributed by atoms with Crippen LogP contribution in [-0.2, 0) is 4.79 Å². The molecule has 3 heteroatoms. The molecule has 73 valence electrons. The maximum Gasteiger partial charge on any atom is 0.223 e. The Bertz CT molecular complexity index is 229. The largest absolute Gasteiger partial charge is 0.369 e. The molecule has 0 spiro atoms. The summed E-state index contributed by atoms with van der Waals surface area (Å²) in [6.07, 6.45) is 7.46. The van der Waals surface area contributed by atoms with Crippen LogP contribution in [0.5, 0.6) is 0 Å². The van der Waals surface area contributed by atoms with Gasteiger partial charge in [-0.25, -0.2) is 0 Å². The first-order chi connectivity index (χ1) is 6.18. The Morgan fingerprint density at radius 1 is 1.00 bits per heavy atom. The monoisotopic (exact) mass is 186 g/mol. The quantitative estimate of drug-likeness (QED) is 0.616. The molecule has 4 rings (SSSR count). The number of hydrogen-bond acceptors (Lipinski definition) is 1. The Morgan fingerprint density at radius 3 is 1.64 bits per heavy atom. The minimum Gasteiger partial charge on any atom is -0.369 e. The summed E-state index contributed by atoms with van der Waals surface area (Å²) in [5.74, 6) is 2.49. The Balaban J connectivity index is 0.000000750. The fraction of sp³-hybridized carbons (Fsp3) is 0.909. The Hall–Kier alpha value is 0.0674. The summed E-state index contributed by atoms with van der Waals surface area (Å²) < 4.78 is 0. The normalized spacial score (nSPS) is 48.7. The van der Waals surface area contributed by atoms with Gasteiger partial charge in [0.15, 0.2) is 0 Å². The van der Waals surface area contributed by atoms with E-state index in [-0.39, 0.29) is 30.2 Å². The summed E-state index contributed by atoms with van der Waals surface area (Å²) in [5.41, 5.74) is 5.49. The molecule has 1 amide bonds. The molecule has 2 N–H and O–H groups in total. The van der Waals surface area contributed by atoms with Gasteiger partial charge in [-0.3, -0.25) is 4.79 Å². The van der Waals surface area contributed by atoms with E-state index < -0.39 is 0 Å². The van der Waals surface area contributed by atoms with Crippen LogP contribution in [0.3, 0.4) is 0 Å². The van der Waals surface area contributed by atoms with Crippen molar-refractivity contribution in [3.05, 3.63) is 0 Å². The van der Waals surface area contributed by atoms with Crippen molar-refractivity contribution in [1.29, 1.82) is 0 Å². The zero-order chi connectivity index (χ0) is 9.05. The van der Waals surface area contributed by atoms with Gasteiger partial charge in [-0.1, -0.05) is 0 Å². The molecule has 14 heavy (non-hydrogen) atoms. The summed E-state index contributed by atoms with van der Waals surface area (Å²) in [6, 6.07) is 0. The van der Waals surface area contributed by atoms with Gasteiger partial charge in [0.25, 0.3) is 0 Å². The predicted molar refractivity (Wildman–Crippen MR) is 55.6 cm³/mol. The molecule has 4 saturated carbocycles. The van der Waals surface area contributed by atoms with Gasteiger partial charge in [0.1, 0.15) is 0 Å². The van der Waals surface area contributed by atoms with Crippen molar-refractivity contribution >= 4 is 24.8 Å². The third-order valence-electron chi connectivity index (χ3n) is 4.56. The average Bonchev–Trinajstić information content (AvgIpc) is 2.00. The number of carbonyl (C=O) groups is 1. The number of rotatable bonds is 1. The van der Waals surface area contributed by atoms with Gasteiger partial charge in [-0.2, -0.15) is 0 Å². The first-order valence-electron chi connectivity index (χ1n) is 5.48. The molecule has 0 aromatic rings. The molecule has 0 atom stereocenters. The van der Waals surface area contributed by atoms with Crippen LogP contribution in [0.15, 0.2) is 0 Å².